The summed E-state index contributed by atoms with van der Waals surface area (Å²) in [6, 6.07) is 4.36. The number of hydrogen-bond donors (Lipinski definition) is 1. The van der Waals surface area contributed by atoms with Crippen LogP contribution in [0, 0.1) is 12.3 Å². The number of phenolic OH excluding ortho intramolecular Hbond substituents is 1. The lowest BCUT2D eigenvalue weighted by Crippen LogP contribution is -2.61. The molecule has 1 aliphatic heterocycles. The highest BCUT2D eigenvalue weighted by Crippen LogP contribution is 2.57. The van der Waals surface area contributed by atoms with Gasteiger partial charge in [-0.1, -0.05) is 6.07 Å². The summed E-state index contributed by atoms with van der Waals surface area (Å²) in [5.41, 5.74) is 1.81. The second-order valence-corrected chi connectivity index (χ2v) is 6.95. The largest absolute Gasteiger partial charge is 0.504 e. The molecule has 4 rings (SSSR count). The minimum absolute atomic E-state index is 0.217. The van der Waals surface area contributed by atoms with Crippen molar-refractivity contribution in [1.82, 2.24) is 4.90 Å². The van der Waals surface area contributed by atoms with Crippen LogP contribution in [-0.4, -0.2) is 42.5 Å². The number of likely N-dealkylation sites (N-methyl/N-ethyl adjacent to an activating group) is 1. The van der Waals surface area contributed by atoms with E-state index in [9.17, 15) is 9.90 Å². The predicted molar refractivity (Wildman–Crippen MR) is 83.1 cm³/mol. The van der Waals surface area contributed by atoms with Crippen LogP contribution in [0.5, 0.6) is 11.5 Å². The molecule has 2 bridgehead atoms. The summed E-state index contributed by atoms with van der Waals surface area (Å²) in [5, 5.41) is 10.8. The fourth-order valence-electron chi connectivity index (χ4n) is 5.02. The molecule has 1 saturated carbocycles. The average Bonchev–Trinajstić information content (AvgIpc) is 2.50. The highest BCUT2D eigenvalue weighted by Gasteiger charge is 2.56. The van der Waals surface area contributed by atoms with Gasteiger partial charge in [-0.3, -0.25) is 4.79 Å². The summed E-state index contributed by atoms with van der Waals surface area (Å²) in [6.45, 7) is 0.959. The van der Waals surface area contributed by atoms with Gasteiger partial charge in [-0.2, -0.15) is 0 Å². The van der Waals surface area contributed by atoms with Crippen LogP contribution >= 0.6 is 0 Å². The van der Waals surface area contributed by atoms with Crippen LogP contribution in [0.2, 0.25) is 0 Å². The molecule has 2 aliphatic carbocycles. The van der Waals surface area contributed by atoms with E-state index in [-0.39, 0.29) is 16.9 Å². The number of rotatable bonds is 1. The van der Waals surface area contributed by atoms with Crippen molar-refractivity contribution < 1.29 is 14.6 Å². The van der Waals surface area contributed by atoms with Crippen molar-refractivity contribution in [3.05, 3.63) is 29.7 Å². The summed E-state index contributed by atoms with van der Waals surface area (Å²) in [7, 11) is 3.76. The fourth-order valence-corrected chi connectivity index (χ4v) is 5.02. The molecule has 1 aromatic rings. The van der Waals surface area contributed by atoms with Crippen LogP contribution in [0.3, 0.4) is 0 Å². The maximum atomic E-state index is 12.2. The molecule has 2 unspecified atom stereocenters. The second kappa shape index (κ2) is 4.72. The Morgan fingerprint density at radius 3 is 3.00 bits per heavy atom. The van der Waals surface area contributed by atoms with Gasteiger partial charge in [-0.05, 0) is 50.4 Å². The van der Waals surface area contributed by atoms with Gasteiger partial charge < -0.3 is 14.7 Å². The normalized spacial score (nSPS) is 34.0. The van der Waals surface area contributed by atoms with Crippen LogP contribution < -0.4 is 4.74 Å². The summed E-state index contributed by atoms with van der Waals surface area (Å²) < 4.78 is 5.31. The molecule has 1 saturated heterocycles. The van der Waals surface area contributed by atoms with E-state index in [1.165, 1.54) is 0 Å². The Labute approximate surface area is 131 Å². The molecule has 4 nitrogen and oxygen atoms in total. The van der Waals surface area contributed by atoms with Gasteiger partial charge in [0.1, 0.15) is 5.78 Å². The maximum Gasteiger partial charge on any atom is 0.161 e. The molecule has 117 valence electrons. The molecule has 4 heteroatoms. The maximum absolute atomic E-state index is 12.2. The number of ketones is 1. The van der Waals surface area contributed by atoms with Gasteiger partial charge in [0.05, 0.1) is 7.11 Å². The molecule has 3 aliphatic rings. The van der Waals surface area contributed by atoms with E-state index in [0.29, 0.717) is 24.1 Å². The Bertz CT molecular complexity index is 641. The molecule has 1 aromatic carbocycles. The molecule has 0 spiro atoms. The standard InChI is InChI=1S/C18H22NO3/c1-19-8-7-18-10-12(20)4-5-13(18)14(19)9-11-3-6-15(22-2)17(21)16(11)18/h3,6,10,13-14,21H,4-5,7-9H2,1-2H3/t13?,14?,18-/m1/s1. The van der Waals surface area contributed by atoms with E-state index < -0.39 is 0 Å². The van der Waals surface area contributed by atoms with Gasteiger partial charge in [0.25, 0.3) is 0 Å². The monoisotopic (exact) mass is 300 g/mol. The lowest BCUT2D eigenvalue weighted by Gasteiger charge is -2.57. The number of piperidine rings is 1. The molecule has 0 amide bonds. The summed E-state index contributed by atoms with van der Waals surface area (Å²) in [6.07, 6.45) is 5.30. The number of Topliss-reactive ketones (excluding diaryl/α,β-unsaturated/α-hetero) is 1. The van der Waals surface area contributed by atoms with Gasteiger partial charge in [0.15, 0.2) is 11.5 Å². The predicted octanol–water partition coefficient (Wildman–Crippen LogP) is 2.08. The molecule has 22 heavy (non-hydrogen) atoms. The number of benzene rings is 1. The number of methoxy groups -OCH3 is 1. The smallest absolute Gasteiger partial charge is 0.161 e. The van der Waals surface area contributed by atoms with Gasteiger partial charge in [-0.25, -0.2) is 0 Å². The van der Waals surface area contributed by atoms with Crippen molar-refractivity contribution >= 4 is 5.78 Å². The Kier molecular flexibility index (Phi) is 3.02. The molecule has 1 radical (unpaired) electrons. The van der Waals surface area contributed by atoms with E-state index in [2.05, 4.69) is 18.0 Å². The summed E-state index contributed by atoms with van der Waals surface area (Å²) >= 11 is 0. The third-order valence-electron chi connectivity index (χ3n) is 6.03. The van der Waals surface area contributed by atoms with Crippen LogP contribution in [0.4, 0.5) is 0 Å². The van der Waals surface area contributed by atoms with Crippen LogP contribution in [-0.2, 0) is 16.6 Å². The lowest BCUT2D eigenvalue weighted by molar-refractivity contribution is -0.121. The zero-order chi connectivity index (χ0) is 15.5. The topological polar surface area (TPSA) is 49.8 Å². The number of nitrogens with zero attached hydrogens (tertiary/aromatic N) is 1. The van der Waals surface area contributed by atoms with Gasteiger partial charge >= 0.3 is 0 Å². The van der Waals surface area contributed by atoms with Gasteiger partial charge in [0.2, 0.25) is 0 Å². The van der Waals surface area contributed by atoms with E-state index in [0.717, 1.165) is 36.9 Å². The number of aromatic hydroxyl groups is 1. The van der Waals surface area contributed by atoms with Crippen molar-refractivity contribution in [3.63, 3.8) is 0 Å². The minimum Gasteiger partial charge on any atom is -0.504 e. The first kappa shape index (κ1) is 14.1. The number of fused-ring (bicyclic) bond motifs is 1. The van der Waals surface area contributed by atoms with Crippen molar-refractivity contribution in [2.45, 2.75) is 37.1 Å². The third-order valence-corrected chi connectivity index (χ3v) is 6.03. The van der Waals surface area contributed by atoms with Crippen molar-refractivity contribution in [1.29, 1.82) is 0 Å². The first-order valence-corrected chi connectivity index (χ1v) is 8.05. The van der Waals surface area contributed by atoms with E-state index in [1.54, 1.807) is 7.11 Å². The van der Waals surface area contributed by atoms with Crippen LogP contribution in [0.15, 0.2) is 12.1 Å². The Balaban J connectivity index is 1.95. The highest BCUT2D eigenvalue weighted by molar-refractivity contribution is 5.91. The first-order valence-electron chi connectivity index (χ1n) is 8.05. The Hall–Kier alpha value is -1.55. The zero-order valence-corrected chi connectivity index (χ0v) is 13.1. The van der Waals surface area contributed by atoms with E-state index in [4.69, 9.17) is 4.74 Å². The van der Waals surface area contributed by atoms with E-state index in [1.807, 2.05) is 12.5 Å². The number of hydrogen-bond acceptors (Lipinski definition) is 4. The van der Waals surface area contributed by atoms with Crippen LogP contribution in [0.25, 0.3) is 0 Å². The number of ether oxygens (including phenoxy) is 1. The Morgan fingerprint density at radius 1 is 1.41 bits per heavy atom. The van der Waals surface area contributed by atoms with Crippen molar-refractivity contribution in [2.24, 2.45) is 5.92 Å². The summed E-state index contributed by atoms with van der Waals surface area (Å²) in [4.78, 5) is 14.6. The molecule has 2 fully saturated rings. The lowest BCUT2D eigenvalue weighted by atomic mass is 9.52. The number of carbonyl (C=O) groups is 1. The van der Waals surface area contributed by atoms with Gasteiger partial charge in [0, 0.05) is 29.9 Å². The number of carbonyl (C=O) groups excluding carboxylic acids is 1. The second-order valence-electron chi connectivity index (χ2n) is 6.95. The van der Waals surface area contributed by atoms with Crippen molar-refractivity contribution in [2.75, 3.05) is 20.7 Å². The molecule has 3 atom stereocenters. The molecular weight excluding hydrogens is 278 g/mol. The molecular formula is C18H22NO3. The van der Waals surface area contributed by atoms with E-state index >= 15 is 0 Å². The molecule has 1 N–H and O–H groups in total. The summed E-state index contributed by atoms with van der Waals surface area (Å²) in [5.74, 6) is 1.37. The average molecular weight is 300 g/mol. The van der Waals surface area contributed by atoms with Crippen molar-refractivity contribution in [3.8, 4) is 11.5 Å². The zero-order valence-electron chi connectivity index (χ0n) is 13.1. The molecule has 0 aromatic heterocycles. The first-order chi connectivity index (χ1) is 10.6. The van der Waals surface area contributed by atoms with Crippen LogP contribution in [0.1, 0.15) is 30.4 Å². The number of phenols is 1. The van der Waals surface area contributed by atoms with Gasteiger partial charge in [-0.15, -0.1) is 0 Å². The molecule has 1 heterocycles. The SMILES string of the molecule is COc1ccc2c(c1O)[C@]13[CH]C(=O)CCC1C(C2)N(C)CC3. The third kappa shape index (κ3) is 1.70. The fraction of sp³-hybridized carbons (Fsp3) is 0.556. The Morgan fingerprint density at radius 2 is 2.23 bits per heavy atom. The quantitative estimate of drug-likeness (QED) is 0.863. The minimum atomic E-state index is -0.307. The highest BCUT2D eigenvalue weighted by atomic mass is 16.5. The number of likely N-dealkylation sites (tertiary alicyclic amines) is 1.